The Morgan fingerprint density at radius 3 is 2.20 bits per heavy atom. The lowest BCUT2D eigenvalue weighted by molar-refractivity contribution is 0.590. The fourth-order valence-corrected chi connectivity index (χ4v) is 3.07. The highest BCUT2D eigenvalue weighted by Gasteiger charge is 2.19. The summed E-state index contributed by atoms with van der Waals surface area (Å²) in [6.07, 6.45) is 0.645. The maximum Gasteiger partial charge on any atom is 0.235 e. The first-order chi connectivity index (χ1) is 7.11. The van der Waals surface area contributed by atoms with Gasteiger partial charge >= 0.3 is 0 Å². The van der Waals surface area contributed by atoms with Gasteiger partial charge in [-0.3, -0.25) is 4.31 Å². The van der Waals surface area contributed by atoms with E-state index in [1.54, 1.807) is 0 Å². The molecule has 0 amide bonds. The van der Waals surface area contributed by atoms with E-state index in [0.29, 0.717) is 13.0 Å². The number of hydrogen-bond donors (Lipinski definition) is 0. The Hall–Kier alpha value is -1.03. The van der Waals surface area contributed by atoms with Crippen molar-refractivity contribution >= 4 is 15.7 Å². The minimum atomic E-state index is -3.14. The molecule has 0 radical (unpaired) electrons. The molecule has 15 heavy (non-hydrogen) atoms. The second kappa shape index (κ2) is 5.16. The van der Waals surface area contributed by atoms with Crippen LogP contribution < -0.4 is 4.31 Å². The van der Waals surface area contributed by atoms with Gasteiger partial charge in [-0.05, 0) is 25.5 Å². The molecule has 3 nitrogen and oxygen atoms in total. The average molecular weight is 227 g/mol. The van der Waals surface area contributed by atoms with Gasteiger partial charge in [0.1, 0.15) is 0 Å². The van der Waals surface area contributed by atoms with Gasteiger partial charge in [0.25, 0.3) is 0 Å². The SMILES string of the molecule is CCCS(=O)(=O)N(CC)c1ccccc1. The second-order valence-electron chi connectivity index (χ2n) is 3.32. The zero-order valence-corrected chi connectivity index (χ0v) is 10.00. The van der Waals surface area contributed by atoms with E-state index >= 15 is 0 Å². The summed E-state index contributed by atoms with van der Waals surface area (Å²) in [6.45, 7) is 4.20. The van der Waals surface area contributed by atoms with E-state index in [1.165, 1.54) is 4.31 Å². The highest BCUT2D eigenvalue weighted by Crippen LogP contribution is 2.17. The topological polar surface area (TPSA) is 37.4 Å². The molecular formula is C11H17NO2S. The minimum absolute atomic E-state index is 0.204. The van der Waals surface area contributed by atoms with Crippen LogP contribution in [0.15, 0.2) is 30.3 Å². The summed E-state index contributed by atoms with van der Waals surface area (Å²) < 4.78 is 25.2. The summed E-state index contributed by atoms with van der Waals surface area (Å²) in [4.78, 5) is 0. The van der Waals surface area contributed by atoms with Gasteiger partial charge in [-0.2, -0.15) is 0 Å². The lowest BCUT2D eigenvalue weighted by Crippen LogP contribution is -2.32. The van der Waals surface area contributed by atoms with Crippen molar-refractivity contribution < 1.29 is 8.42 Å². The van der Waals surface area contributed by atoms with Crippen molar-refractivity contribution in [1.29, 1.82) is 0 Å². The van der Waals surface area contributed by atoms with E-state index in [-0.39, 0.29) is 5.75 Å². The zero-order chi connectivity index (χ0) is 11.3. The molecule has 0 spiro atoms. The van der Waals surface area contributed by atoms with Crippen molar-refractivity contribution in [3.63, 3.8) is 0 Å². The number of benzene rings is 1. The van der Waals surface area contributed by atoms with Gasteiger partial charge in [-0.15, -0.1) is 0 Å². The van der Waals surface area contributed by atoms with Gasteiger partial charge in [0.15, 0.2) is 0 Å². The summed E-state index contributed by atoms with van der Waals surface area (Å²) in [7, 11) is -3.14. The Kier molecular flexibility index (Phi) is 4.15. The van der Waals surface area contributed by atoms with E-state index < -0.39 is 10.0 Å². The summed E-state index contributed by atoms with van der Waals surface area (Å²) in [6, 6.07) is 9.20. The molecule has 1 rings (SSSR count). The van der Waals surface area contributed by atoms with Crippen LogP contribution in [-0.4, -0.2) is 20.7 Å². The highest BCUT2D eigenvalue weighted by atomic mass is 32.2. The number of hydrogen-bond acceptors (Lipinski definition) is 2. The molecule has 0 aliphatic carbocycles. The van der Waals surface area contributed by atoms with Crippen LogP contribution in [0.5, 0.6) is 0 Å². The Balaban J connectivity index is 3.00. The van der Waals surface area contributed by atoms with Gasteiger partial charge < -0.3 is 0 Å². The lowest BCUT2D eigenvalue weighted by Gasteiger charge is -2.22. The maximum atomic E-state index is 11.9. The molecule has 0 fully saturated rings. The van der Waals surface area contributed by atoms with Gasteiger partial charge in [-0.1, -0.05) is 25.1 Å². The third-order valence-electron chi connectivity index (χ3n) is 2.13. The van der Waals surface area contributed by atoms with Crippen LogP contribution in [0.25, 0.3) is 0 Å². The van der Waals surface area contributed by atoms with E-state index in [0.717, 1.165) is 5.69 Å². The standard InChI is InChI=1S/C11H17NO2S/c1-3-10-15(13,14)12(4-2)11-8-6-5-7-9-11/h5-9H,3-4,10H2,1-2H3. The predicted molar refractivity (Wildman–Crippen MR) is 63.5 cm³/mol. The third-order valence-corrected chi connectivity index (χ3v) is 4.19. The first kappa shape index (κ1) is 12.0. The quantitative estimate of drug-likeness (QED) is 0.773. The summed E-state index contributed by atoms with van der Waals surface area (Å²) in [5, 5.41) is 0. The van der Waals surface area contributed by atoms with Gasteiger partial charge in [0, 0.05) is 6.54 Å². The van der Waals surface area contributed by atoms with Gasteiger partial charge in [0.05, 0.1) is 11.4 Å². The number of anilines is 1. The summed E-state index contributed by atoms with van der Waals surface area (Å²) >= 11 is 0. The molecule has 0 bridgehead atoms. The molecule has 1 aromatic rings. The largest absolute Gasteiger partial charge is 0.271 e. The molecule has 0 aliphatic rings. The van der Waals surface area contributed by atoms with Gasteiger partial charge in [-0.25, -0.2) is 8.42 Å². The van der Waals surface area contributed by atoms with Crippen molar-refractivity contribution in [3.8, 4) is 0 Å². The van der Waals surface area contributed by atoms with Crippen molar-refractivity contribution in [2.45, 2.75) is 20.3 Å². The molecule has 0 N–H and O–H groups in total. The van der Waals surface area contributed by atoms with Crippen molar-refractivity contribution in [2.75, 3.05) is 16.6 Å². The van der Waals surface area contributed by atoms with Crippen LogP contribution in [-0.2, 0) is 10.0 Å². The number of nitrogens with zero attached hydrogens (tertiary/aromatic N) is 1. The monoisotopic (exact) mass is 227 g/mol. The summed E-state index contributed by atoms with van der Waals surface area (Å²) in [5.41, 5.74) is 0.744. The molecule has 0 unspecified atom stereocenters. The van der Waals surface area contributed by atoms with E-state index in [9.17, 15) is 8.42 Å². The zero-order valence-electron chi connectivity index (χ0n) is 9.18. The van der Waals surface area contributed by atoms with Crippen LogP contribution in [0.4, 0.5) is 5.69 Å². The molecule has 0 saturated heterocycles. The van der Waals surface area contributed by atoms with E-state index in [2.05, 4.69) is 0 Å². The molecule has 0 atom stereocenters. The lowest BCUT2D eigenvalue weighted by atomic mass is 10.3. The minimum Gasteiger partial charge on any atom is -0.271 e. The Morgan fingerprint density at radius 2 is 1.73 bits per heavy atom. The third kappa shape index (κ3) is 2.96. The van der Waals surface area contributed by atoms with Crippen molar-refractivity contribution in [3.05, 3.63) is 30.3 Å². The predicted octanol–water partition coefficient (Wildman–Crippen LogP) is 2.25. The molecule has 0 aromatic heterocycles. The highest BCUT2D eigenvalue weighted by molar-refractivity contribution is 7.92. The fourth-order valence-electron chi connectivity index (χ4n) is 1.50. The first-order valence-electron chi connectivity index (χ1n) is 5.17. The van der Waals surface area contributed by atoms with E-state index in [1.807, 2.05) is 44.2 Å². The Morgan fingerprint density at radius 1 is 1.13 bits per heavy atom. The van der Waals surface area contributed by atoms with Crippen molar-refractivity contribution in [1.82, 2.24) is 0 Å². The molecular weight excluding hydrogens is 210 g/mol. The van der Waals surface area contributed by atoms with Crippen LogP contribution in [0, 0.1) is 0 Å². The molecule has 0 aliphatic heterocycles. The van der Waals surface area contributed by atoms with Crippen LogP contribution >= 0.6 is 0 Å². The van der Waals surface area contributed by atoms with E-state index in [4.69, 9.17) is 0 Å². The second-order valence-corrected chi connectivity index (χ2v) is 5.33. The number of para-hydroxylation sites is 1. The normalized spacial score (nSPS) is 11.3. The molecule has 0 saturated carbocycles. The molecule has 4 heteroatoms. The van der Waals surface area contributed by atoms with Gasteiger partial charge in [0.2, 0.25) is 10.0 Å². The van der Waals surface area contributed by atoms with Crippen molar-refractivity contribution in [2.24, 2.45) is 0 Å². The molecule has 1 aromatic carbocycles. The Labute approximate surface area is 91.8 Å². The summed E-state index contributed by atoms with van der Waals surface area (Å²) in [5.74, 6) is 0.204. The van der Waals surface area contributed by atoms with Crippen LogP contribution in [0.2, 0.25) is 0 Å². The average Bonchev–Trinajstić information content (AvgIpc) is 2.19. The van der Waals surface area contributed by atoms with Crippen LogP contribution in [0.3, 0.4) is 0 Å². The molecule has 0 heterocycles. The van der Waals surface area contributed by atoms with Crippen LogP contribution in [0.1, 0.15) is 20.3 Å². The number of sulfonamides is 1. The first-order valence-corrected chi connectivity index (χ1v) is 6.78. The number of rotatable bonds is 5. The fraction of sp³-hybridized carbons (Fsp3) is 0.455. The Bertz CT molecular complexity index is 386. The smallest absolute Gasteiger partial charge is 0.235 e. The maximum absolute atomic E-state index is 11.9. The molecule has 84 valence electrons.